The van der Waals surface area contributed by atoms with Gasteiger partial charge in [-0.3, -0.25) is 0 Å². The number of aromatic nitrogens is 1. The molecule has 0 bridgehead atoms. The molecular formula is C15H13ClN2S. The van der Waals surface area contributed by atoms with Crippen LogP contribution in [0.4, 0.5) is 5.13 Å². The summed E-state index contributed by atoms with van der Waals surface area (Å²) in [6.07, 6.45) is 0. The monoisotopic (exact) mass is 288 g/mol. The molecule has 0 saturated heterocycles. The second-order valence-corrected chi connectivity index (χ2v) is 5.81. The molecule has 1 heterocycles. The molecule has 0 aliphatic carbocycles. The standard InChI is InChI=1S/C15H13ClN2S/c1-10-7-8-12(16)14-13(10)18-15(19-14)17-9-11-5-3-2-4-6-11/h2-8H,9H2,1H3,(H,17,18). The van der Waals surface area contributed by atoms with Gasteiger partial charge in [-0.2, -0.15) is 0 Å². The summed E-state index contributed by atoms with van der Waals surface area (Å²) in [5.74, 6) is 0. The van der Waals surface area contributed by atoms with Crippen LogP contribution in [0.3, 0.4) is 0 Å². The minimum absolute atomic E-state index is 0.769. The number of rotatable bonds is 3. The van der Waals surface area contributed by atoms with Crippen LogP contribution in [0, 0.1) is 6.92 Å². The molecule has 1 N–H and O–H groups in total. The molecule has 19 heavy (non-hydrogen) atoms. The molecule has 0 fully saturated rings. The Morgan fingerprint density at radius 2 is 1.95 bits per heavy atom. The van der Waals surface area contributed by atoms with Crippen molar-refractivity contribution in [3.8, 4) is 0 Å². The van der Waals surface area contributed by atoms with Crippen molar-refractivity contribution in [2.24, 2.45) is 0 Å². The molecule has 3 rings (SSSR count). The molecule has 0 unspecified atom stereocenters. The van der Waals surface area contributed by atoms with E-state index in [1.54, 1.807) is 11.3 Å². The third-order valence-corrected chi connectivity index (χ3v) is 4.46. The van der Waals surface area contributed by atoms with Crippen molar-refractivity contribution < 1.29 is 0 Å². The minimum atomic E-state index is 0.769. The summed E-state index contributed by atoms with van der Waals surface area (Å²) < 4.78 is 1.05. The maximum Gasteiger partial charge on any atom is 0.184 e. The van der Waals surface area contributed by atoms with Crippen molar-refractivity contribution in [3.05, 3.63) is 58.6 Å². The molecule has 0 amide bonds. The summed E-state index contributed by atoms with van der Waals surface area (Å²) in [5.41, 5.74) is 3.39. The molecule has 0 spiro atoms. The Kier molecular flexibility index (Phi) is 3.40. The highest BCUT2D eigenvalue weighted by molar-refractivity contribution is 7.22. The molecule has 0 saturated carbocycles. The van der Waals surface area contributed by atoms with Crippen molar-refractivity contribution in [1.82, 2.24) is 4.98 Å². The number of hydrogen-bond donors (Lipinski definition) is 1. The lowest BCUT2D eigenvalue weighted by Gasteiger charge is -2.01. The third kappa shape index (κ3) is 2.57. The summed E-state index contributed by atoms with van der Waals surface area (Å²) in [4.78, 5) is 4.61. The fourth-order valence-electron chi connectivity index (χ4n) is 1.95. The van der Waals surface area contributed by atoms with E-state index in [1.807, 2.05) is 30.3 Å². The van der Waals surface area contributed by atoms with E-state index < -0.39 is 0 Å². The lowest BCUT2D eigenvalue weighted by atomic mass is 10.2. The predicted molar refractivity (Wildman–Crippen MR) is 83.1 cm³/mol. The zero-order valence-corrected chi connectivity index (χ0v) is 12.1. The van der Waals surface area contributed by atoms with E-state index >= 15 is 0 Å². The number of halogens is 1. The molecule has 3 aromatic rings. The maximum absolute atomic E-state index is 6.20. The van der Waals surface area contributed by atoms with Gasteiger partial charge in [-0.05, 0) is 24.1 Å². The zero-order chi connectivity index (χ0) is 13.2. The number of thiazole rings is 1. The Morgan fingerprint density at radius 3 is 2.68 bits per heavy atom. The van der Waals surface area contributed by atoms with Gasteiger partial charge >= 0.3 is 0 Å². The Bertz CT molecular complexity index is 668. The number of anilines is 1. The first-order valence-corrected chi connectivity index (χ1v) is 7.27. The van der Waals surface area contributed by atoms with Crippen LogP contribution in [0.2, 0.25) is 5.02 Å². The Morgan fingerprint density at radius 1 is 1.16 bits per heavy atom. The normalized spacial score (nSPS) is 10.8. The summed E-state index contributed by atoms with van der Waals surface area (Å²) in [5, 5.41) is 5.03. The SMILES string of the molecule is Cc1ccc(Cl)c2sc(NCc3ccccc3)nc12. The average Bonchev–Trinajstić information content (AvgIpc) is 2.87. The van der Waals surface area contributed by atoms with E-state index in [1.165, 1.54) is 5.56 Å². The maximum atomic E-state index is 6.20. The number of nitrogens with zero attached hydrogens (tertiary/aromatic N) is 1. The molecule has 0 aliphatic rings. The van der Waals surface area contributed by atoms with Crippen LogP contribution < -0.4 is 5.32 Å². The van der Waals surface area contributed by atoms with Crippen molar-refractivity contribution in [3.63, 3.8) is 0 Å². The van der Waals surface area contributed by atoms with Gasteiger partial charge in [0, 0.05) is 6.54 Å². The number of fused-ring (bicyclic) bond motifs is 1. The van der Waals surface area contributed by atoms with E-state index in [9.17, 15) is 0 Å². The molecule has 2 aromatic carbocycles. The van der Waals surface area contributed by atoms with E-state index in [0.717, 1.165) is 32.5 Å². The quantitative estimate of drug-likeness (QED) is 0.744. The number of hydrogen-bond acceptors (Lipinski definition) is 3. The van der Waals surface area contributed by atoms with E-state index in [0.29, 0.717) is 0 Å². The van der Waals surface area contributed by atoms with Crippen molar-refractivity contribution in [1.29, 1.82) is 0 Å². The summed E-state index contributed by atoms with van der Waals surface area (Å²) in [7, 11) is 0. The first-order valence-electron chi connectivity index (χ1n) is 6.07. The largest absolute Gasteiger partial charge is 0.357 e. The average molecular weight is 289 g/mol. The number of benzene rings is 2. The summed E-state index contributed by atoms with van der Waals surface area (Å²) >= 11 is 7.81. The highest BCUT2D eigenvalue weighted by Crippen LogP contribution is 2.33. The number of nitrogens with one attached hydrogen (secondary N) is 1. The van der Waals surface area contributed by atoms with Crippen molar-refractivity contribution >= 4 is 38.3 Å². The third-order valence-electron chi connectivity index (χ3n) is 2.98. The van der Waals surface area contributed by atoms with Gasteiger partial charge in [-0.1, -0.05) is 59.3 Å². The van der Waals surface area contributed by atoms with Crippen molar-refractivity contribution in [2.75, 3.05) is 5.32 Å². The topological polar surface area (TPSA) is 24.9 Å². The number of aryl methyl sites for hydroxylation is 1. The van der Waals surface area contributed by atoms with Gasteiger partial charge < -0.3 is 5.32 Å². The lowest BCUT2D eigenvalue weighted by molar-refractivity contribution is 1.14. The highest BCUT2D eigenvalue weighted by atomic mass is 35.5. The Labute approximate surface area is 121 Å². The smallest absolute Gasteiger partial charge is 0.184 e. The predicted octanol–water partition coefficient (Wildman–Crippen LogP) is 4.87. The minimum Gasteiger partial charge on any atom is -0.357 e. The van der Waals surface area contributed by atoms with Gasteiger partial charge in [0.25, 0.3) is 0 Å². The van der Waals surface area contributed by atoms with Crippen LogP contribution in [0.15, 0.2) is 42.5 Å². The molecule has 0 aliphatic heterocycles. The first-order chi connectivity index (χ1) is 9.24. The van der Waals surface area contributed by atoms with Gasteiger partial charge in [0.05, 0.1) is 15.2 Å². The Hall–Kier alpha value is -1.58. The van der Waals surface area contributed by atoms with Gasteiger partial charge in [0.1, 0.15) is 0 Å². The van der Waals surface area contributed by atoms with Crippen molar-refractivity contribution in [2.45, 2.75) is 13.5 Å². The highest BCUT2D eigenvalue weighted by Gasteiger charge is 2.09. The van der Waals surface area contributed by atoms with Crippen LogP contribution in [-0.4, -0.2) is 4.98 Å². The van der Waals surface area contributed by atoms with Gasteiger partial charge in [0.15, 0.2) is 5.13 Å². The zero-order valence-electron chi connectivity index (χ0n) is 10.5. The first kappa shape index (κ1) is 12.5. The second-order valence-electron chi connectivity index (χ2n) is 4.40. The summed E-state index contributed by atoms with van der Waals surface area (Å²) in [6.45, 7) is 2.83. The molecule has 96 valence electrons. The van der Waals surface area contributed by atoms with Crippen LogP contribution in [0.1, 0.15) is 11.1 Å². The van der Waals surface area contributed by atoms with Crippen LogP contribution in [0.25, 0.3) is 10.2 Å². The molecule has 2 nitrogen and oxygen atoms in total. The molecule has 0 atom stereocenters. The van der Waals surface area contributed by atoms with Gasteiger partial charge in [-0.15, -0.1) is 0 Å². The van der Waals surface area contributed by atoms with Gasteiger partial charge in [-0.25, -0.2) is 4.98 Å². The van der Waals surface area contributed by atoms with E-state index in [2.05, 4.69) is 29.4 Å². The molecule has 0 radical (unpaired) electrons. The van der Waals surface area contributed by atoms with Gasteiger partial charge in [0.2, 0.25) is 0 Å². The van der Waals surface area contributed by atoms with Crippen LogP contribution >= 0.6 is 22.9 Å². The second kappa shape index (κ2) is 5.19. The van der Waals surface area contributed by atoms with Crippen LogP contribution in [-0.2, 0) is 6.54 Å². The lowest BCUT2D eigenvalue weighted by Crippen LogP contribution is -1.98. The van der Waals surface area contributed by atoms with E-state index in [-0.39, 0.29) is 0 Å². The fraction of sp³-hybridized carbons (Fsp3) is 0.133. The molecular weight excluding hydrogens is 276 g/mol. The Balaban J connectivity index is 1.86. The molecule has 4 heteroatoms. The fourth-order valence-corrected chi connectivity index (χ4v) is 3.16. The van der Waals surface area contributed by atoms with E-state index in [4.69, 9.17) is 11.6 Å². The van der Waals surface area contributed by atoms with Crippen LogP contribution in [0.5, 0.6) is 0 Å². The summed E-state index contributed by atoms with van der Waals surface area (Å²) in [6, 6.07) is 14.2. The molecule has 1 aromatic heterocycles.